The first-order valence-corrected chi connectivity index (χ1v) is 2.53. The van der Waals surface area contributed by atoms with Crippen molar-refractivity contribution in [1.82, 2.24) is 0 Å². The number of rotatable bonds is 0. The molecule has 0 aromatic carbocycles. The fraction of sp³-hybridized carbons (Fsp3) is 0.111. The Morgan fingerprint density at radius 1 is 1.20 bits per heavy atom. The van der Waals surface area contributed by atoms with Crippen LogP contribution in [0, 0.1) is 19.2 Å². The number of hydrogen-bond donors (Lipinski definition) is 0. The van der Waals surface area contributed by atoms with Crippen LogP contribution >= 0.6 is 0 Å². The smallest absolute Gasteiger partial charge is 0.521 e. The molecule has 1 rings (SSSR count). The molecule has 1 radical (unpaired) electrons. The Labute approximate surface area is 78.9 Å². The number of hydrogen-bond acceptors (Lipinski definition) is 0. The topological polar surface area (TPSA) is 0 Å². The van der Waals surface area contributed by atoms with Crippen molar-refractivity contribution in [2.45, 2.75) is 6.42 Å². The van der Waals surface area contributed by atoms with Crippen molar-refractivity contribution in [3.05, 3.63) is 50.6 Å². The van der Waals surface area contributed by atoms with Gasteiger partial charge in [-0.25, -0.2) is 12.2 Å². The van der Waals surface area contributed by atoms with Gasteiger partial charge in [0.15, 0.2) is 0 Å². The zero-order valence-corrected chi connectivity index (χ0v) is 7.57. The third-order valence-corrected chi connectivity index (χ3v) is 0.586. The molecule has 0 heterocycles. The summed E-state index contributed by atoms with van der Waals surface area (Å²) in [6.07, 6.45) is 10.0. The summed E-state index contributed by atoms with van der Waals surface area (Å²) >= 11 is 0. The van der Waals surface area contributed by atoms with Crippen molar-refractivity contribution in [2.75, 3.05) is 0 Å². The van der Waals surface area contributed by atoms with Gasteiger partial charge in [0.25, 0.3) is 0 Å². The van der Waals surface area contributed by atoms with E-state index in [0.717, 1.165) is 6.42 Å². The fourth-order valence-electron chi connectivity index (χ4n) is 0.340. The van der Waals surface area contributed by atoms with E-state index in [0.29, 0.717) is 0 Å². The number of allylic oxidation sites excluding steroid dienone is 4. The molecule has 0 saturated carbocycles. The molecule has 0 aliphatic heterocycles. The van der Waals surface area contributed by atoms with Crippen LogP contribution in [0.3, 0.4) is 0 Å². The predicted octanol–water partition coefficient (Wildman–Crippen LogP) is 2.51. The van der Waals surface area contributed by atoms with Crippen LogP contribution in [-0.2, 0) is 21.7 Å². The monoisotopic (exact) mass is 167 g/mol. The molecule has 0 saturated heterocycles. The van der Waals surface area contributed by atoms with Crippen LogP contribution in [0.4, 0.5) is 0 Å². The van der Waals surface area contributed by atoms with Crippen molar-refractivity contribution in [2.24, 2.45) is 0 Å². The summed E-state index contributed by atoms with van der Waals surface area (Å²) in [6, 6.07) is 0. The summed E-state index contributed by atoms with van der Waals surface area (Å²) < 4.78 is 0. The van der Waals surface area contributed by atoms with Gasteiger partial charge in [-0.3, -0.25) is 19.2 Å². The van der Waals surface area contributed by atoms with E-state index in [4.69, 9.17) is 0 Å². The standard InChI is InChI=1S/C5H5.2C2H3.Ti/c1-2-4-5-3-1;2*1-2;/h1-3H,4H2;2*1H,2H2;/q3*-1;+3. The molecular weight excluding hydrogens is 156 g/mol. The molecule has 1 aliphatic rings. The molecule has 0 amide bonds. The second-order valence-electron chi connectivity index (χ2n) is 1.00. The van der Waals surface area contributed by atoms with Gasteiger partial charge in [0.05, 0.1) is 0 Å². The molecule has 51 valence electrons. The summed E-state index contributed by atoms with van der Waals surface area (Å²) in [6.45, 7) is 14.0. The Morgan fingerprint density at radius 3 is 1.80 bits per heavy atom. The molecule has 0 unspecified atom stereocenters. The first-order chi connectivity index (χ1) is 4.50. The van der Waals surface area contributed by atoms with Gasteiger partial charge in [-0.15, -0.1) is 6.42 Å². The molecular formula is C9H11Ti. The SMILES string of the molecule is [C-]1=CC=CC1.[CH-]=C.[CH-]=C.[Ti+3]. The molecule has 10 heavy (non-hydrogen) atoms. The minimum absolute atomic E-state index is 0. The quantitative estimate of drug-likeness (QED) is 0.384. The third-order valence-electron chi connectivity index (χ3n) is 0.586. The molecule has 0 aromatic heterocycles. The van der Waals surface area contributed by atoms with Gasteiger partial charge in [-0.1, -0.05) is 0 Å². The van der Waals surface area contributed by atoms with Gasteiger partial charge in [-0.05, 0) is 0 Å². The maximum Gasteiger partial charge on any atom is 3.00 e. The Balaban J connectivity index is -0.0000000875. The molecule has 1 aliphatic carbocycles. The Morgan fingerprint density at radius 2 is 1.70 bits per heavy atom. The molecule has 0 N–H and O–H groups in total. The zero-order valence-electron chi connectivity index (χ0n) is 6.01. The van der Waals surface area contributed by atoms with E-state index in [1.165, 1.54) is 0 Å². The van der Waals surface area contributed by atoms with Gasteiger partial charge in [0.1, 0.15) is 0 Å². The largest absolute Gasteiger partial charge is 3.00 e. The second kappa shape index (κ2) is 23.4. The van der Waals surface area contributed by atoms with E-state index in [2.05, 4.69) is 38.5 Å². The van der Waals surface area contributed by atoms with Crippen LogP contribution in [0.5, 0.6) is 0 Å². The van der Waals surface area contributed by atoms with E-state index in [9.17, 15) is 0 Å². The van der Waals surface area contributed by atoms with Crippen LogP contribution in [-0.4, -0.2) is 0 Å². The van der Waals surface area contributed by atoms with Crippen LogP contribution < -0.4 is 0 Å². The maximum atomic E-state index is 4.25. The molecule has 0 atom stereocenters. The first kappa shape index (κ1) is 16.3. The minimum atomic E-state index is 0. The van der Waals surface area contributed by atoms with Crippen LogP contribution in [0.1, 0.15) is 6.42 Å². The molecule has 1 heteroatoms. The van der Waals surface area contributed by atoms with Crippen molar-refractivity contribution in [1.29, 1.82) is 0 Å². The summed E-state index contributed by atoms with van der Waals surface area (Å²) in [7, 11) is 0. The van der Waals surface area contributed by atoms with Crippen LogP contribution in [0.15, 0.2) is 31.4 Å². The average molecular weight is 167 g/mol. The summed E-state index contributed by atoms with van der Waals surface area (Å²) in [4.78, 5) is 0. The van der Waals surface area contributed by atoms with Crippen molar-refractivity contribution < 1.29 is 21.7 Å². The summed E-state index contributed by atoms with van der Waals surface area (Å²) in [5.74, 6) is 0. The van der Waals surface area contributed by atoms with Gasteiger partial charge in [0.2, 0.25) is 0 Å². The van der Waals surface area contributed by atoms with Crippen LogP contribution in [0.25, 0.3) is 0 Å². The normalized spacial score (nSPS) is 9.60. The molecule has 0 spiro atoms. The fourth-order valence-corrected chi connectivity index (χ4v) is 0.340. The summed E-state index contributed by atoms with van der Waals surface area (Å²) in [5.41, 5.74) is 0. The van der Waals surface area contributed by atoms with E-state index in [1.807, 2.05) is 12.2 Å². The van der Waals surface area contributed by atoms with Gasteiger partial charge >= 0.3 is 21.7 Å². The molecule has 0 nitrogen and oxygen atoms in total. The van der Waals surface area contributed by atoms with Crippen molar-refractivity contribution in [3.63, 3.8) is 0 Å². The predicted molar refractivity (Wildman–Crippen MR) is 41.4 cm³/mol. The van der Waals surface area contributed by atoms with Gasteiger partial charge in [0, 0.05) is 0 Å². The zero-order chi connectivity index (χ0) is 7.54. The van der Waals surface area contributed by atoms with Gasteiger partial charge < -0.3 is 13.2 Å². The van der Waals surface area contributed by atoms with Crippen molar-refractivity contribution in [3.8, 4) is 0 Å². The molecule has 0 fully saturated rings. The van der Waals surface area contributed by atoms with Gasteiger partial charge in [-0.2, -0.15) is 6.08 Å². The Hall–Kier alpha value is -0.326. The molecule has 0 bridgehead atoms. The van der Waals surface area contributed by atoms with Crippen molar-refractivity contribution >= 4 is 0 Å². The van der Waals surface area contributed by atoms with E-state index in [-0.39, 0.29) is 21.7 Å². The van der Waals surface area contributed by atoms with E-state index >= 15 is 0 Å². The average Bonchev–Trinajstić information content (AvgIpc) is 2.51. The Kier molecular flexibility index (Phi) is 38.2. The molecule has 0 aromatic rings. The van der Waals surface area contributed by atoms with E-state index < -0.39 is 0 Å². The Bertz CT molecular complexity index is 80.9. The minimum Gasteiger partial charge on any atom is -0.521 e. The first-order valence-electron chi connectivity index (χ1n) is 2.53. The van der Waals surface area contributed by atoms with Crippen LogP contribution in [0.2, 0.25) is 0 Å². The maximum absolute atomic E-state index is 4.25. The third kappa shape index (κ3) is 15.6. The summed E-state index contributed by atoms with van der Waals surface area (Å²) in [5, 5.41) is 0. The second-order valence-corrected chi connectivity index (χ2v) is 1.00. The van der Waals surface area contributed by atoms with E-state index in [1.54, 1.807) is 0 Å².